The number of carbonyl (C=O) groups excluding carboxylic acids is 1. The van der Waals surface area contributed by atoms with Crippen molar-refractivity contribution in [3.05, 3.63) is 0 Å². The van der Waals surface area contributed by atoms with Crippen LogP contribution in [-0.2, 0) is 9.59 Å². The highest BCUT2D eigenvalue weighted by atomic mass is 127. The number of aliphatic carboxylic acids is 1. The van der Waals surface area contributed by atoms with Crippen molar-refractivity contribution in [1.29, 1.82) is 0 Å². The van der Waals surface area contributed by atoms with Gasteiger partial charge >= 0.3 is 5.97 Å². The van der Waals surface area contributed by atoms with E-state index in [0.717, 1.165) is 25.7 Å². The number of carbonyl (C=O) groups is 2. The molecule has 0 aromatic heterocycles. The fraction of sp³-hybridized carbons (Fsp3) is 0.778. The molecule has 3 nitrogen and oxygen atoms in total. The van der Waals surface area contributed by atoms with Crippen LogP contribution in [0.1, 0.15) is 38.5 Å². The Morgan fingerprint density at radius 2 is 1.54 bits per heavy atom. The lowest BCUT2D eigenvalue weighted by molar-refractivity contribution is -0.137. The molecule has 0 saturated carbocycles. The van der Waals surface area contributed by atoms with Gasteiger partial charge in [-0.15, -0.1) is 0 Å². The highest BCUT2D eigenvalue weighted by Crippen LogP contribution is 2.06. The van der Waals surface area contributed by atoms with E-state index in [-0.39, 0.29) is 6.42 Å². The molecule has 0 aromatic carbocycles. The third-order valence-corrected chi connectivity index (χ3v) is 2.60. The molecule has 0 radical (unpaired) electrons. The second-order valence-corrected chi connectivity index (χ2v) is 3.74. The minimum atomic E-state index is -0.733. The Labute approximate surface area is 92.0 Å². The summed E-state index contributed by atoms with van der Waals surface area (Å²) in [5, 5.41) is 8.34. The average molecular weight is 298 g/mol. The molecule has 1 N–H and O–H groups in total. The highest BCUT2D eigenvalue weighted by molar-refractivity contribution is 14.1. The molecule has 76 valence electrons. The molecule has 0 spiro atoms. The van der Waals surface area contributed by atoms with Gasteiger partial charge in [0.2, 0.25) is 0 Å². The van der Waals surface area contributed by atoms with Crippen LogP contribution in [0.15, 0.2) is 0 Å². The van der Waals surface area contributed by atoms with Crippen LogP contribution in [-0.4, -0.2) is 21.3 Å². The third-order valence-electron chi connectivity index (χ3n) is 1.75. The summed E-state index contributed by atoms with van der Waals surface area (Å²) in [6, 6.07) is 0. The molecule has 0 amide bonds. The maximum absolute atomic E-state index is 10.9. The van der Waals surface area contributed by atoms with Crippen LogP contribution in [0.2, 0.25) is 0 Å². The molecule has 0 heterocycles. The third kappa shape index (κ3) is 9.79. The van der Waals surface area contributed by atoms with E-state index in [1.54, 1.807) is 0 Å². The van der Waals surface area contributed by atoms with Crippen molar-refractivity contribution < 1.29 is 14.7 Å². The number of ketones is 1. The van der Waals surface area contributed by atoms with Crippen molar-refractivity contribution >= 4 is 34.3 Å². The SMILES string of the molecule is O=C(O)CCCCCCC(=O)CI. The van der Waals surface area contributed by atoms with Crippen LogP contribution in [0.3, 0.4) is 0 Å². The number of Topliss-reactive ketones (excluding diaryl/α,β-unsaturated/α-hetero) is 1. The van der Waals surface area contributed by atoms with Crippen LogP contribution < -0.4 is 0 Å². The van der Waals surface area contributed by atoms with E-state index in [1.807, 2.05) is 0 Å². The predicted molar refractivity (Wildman–Crippen MR) is 59.2 cm³/mol. The van der Waals surface area contributed by atoms with E-state index in [0.29, 0.717) is 16.6 Å². The Morgan fingerprint density at radius 3 is 2.00 bits per heavy atom. The summed E-state index contributed by atoms with van der Waals surface area (Å²) in [4.78, 5) is 21.0. The number of alkyl halides is 1. The molecule has 0 aliphatic carbocycles. The molecule has 0 unspecified atom stereocenters. The van der Waals surface area contributed by atoms with Crippen molar-refractivity contribution in [2.75, 3.05) is 4.43 Å². The summed E-state index contributed by atoms with van der Waals surface area (Å²) >= 11 is 2.06. The highest BCUT2D eigenvalue weighted by Gasteiger charge is 1.99. The lowest BCUT2D eigenvalue weighted by atomic mass is 10.1. The molecule has 0 saturated heterocycles. The molecule has 0 fully saturated rings. The molecule has 0 aliphatic rings. The van der Waals surface area contributed by atoms with E-state index in [2.05, 4.69) is 22.6 Å². The summed E-state index contributed by atoms with van der Waals surface area (Å²) in [7, 11) is 0. The van der Waals surface area contributed by atoms with Gasteiger partial charge in [0, 0.05) is 12.8 Å². The van der Waals surface area contributed by atoms with Crippen LogP contribution >= 0.6 is 22.6 Å². The minimum Gasteiger partial charge on any atom is -0.481 e. The van der Waals surface area contributed by atoms with Crippen LogP contribution in [0.5, 0.6) is 0 Å². The maximum atomic E-state index is 10.9. The summed E-state index contributed by atoms with van der Waals surface area (Å²) in [6.45, 7) is 0. The number of rotatable bonds is 8. The Kier molecular flexibility index (Phi) is 8.38. The summed E-state index contributed by atoms with van der Waals surface area (Å²) < 4.78 is 0.590. The fourth-order valence-electron chi connectivity index (χ4n) is 1.02. The maximum Gasteiger partial charge on any atom is 0.303 e. The number of carboxylic acids is 1. The molecule has 0 aliphatic heterocycles. The summed E-state index contributed by atoms with van der Waals surface area (Å²) in [5.74, 6) is -0.442. The molecular weight excluding hydrogens is 283 g/mol. The minimum absolute atomic E-state index is 0.250. The van der Waals surface area contributed by atoms with Gasteiger partial charge in [0.15, 0.2) is 0 Å². The van der Waals surface area contributed by atoms with Gasteiger partial charge in [-0.25, -0.2) is 0 Å². The number of hydrogen-bond acceptors (Lipinski definition) is 2. The lowest BCUT2D eigenvalue weighted by Crippen LogP contribution is -1.98. The second-order valence-electron chi connectivity index (χ2n) is 2.98. The zero-order valence-corrected chi connectivity index (χ0v) is 9.75. The Morgan fingerprint density at radius 1 is 1.00 bits per heavy atom. The predicted octanol–water partition coefficient (Wildman–Crippen LogP) is 2.42. The summed E-state index contributed by atoms with van der Waals surface area (Å²) in [5.41, 5.74) is 0. The first-order valence-electron chi connectivity index (χ1n) is 4.46. The normalized spacial score (nSPS) is 9.92. The Hall–Kier alpha value is -0.130. The number of halogens is 1. The molecular formula is C9H15IO3. The Bertz CT molecular complexity index is 168. The van der Waals surface area contributed by atoms with Crippen LogP contribution in [0.4, 0.5) is 0 Å². The van der Waals surface area contributed by atoms with Gasteiger partial charge in [0.1, 0.15) is 5.78 Å². The van der Waals surface area contributed by atoms with Gasteiger partial charge in [0.05, 0.1) is 4.43 Å². The monoisotopic (exact) mass is 298 g/mol. The van der Waals surface area contributed by atoms with Crippen molar-refractivity contribution in [2.45, 2.75) is 38.5 Å². The first-order chi connectivity index (χ1) is 6.16. The van der Waals surface area contributed by atoms with E-state index in [1.165, 1.54) is 0 Å². The molecule has 4 heteroatoms. The molecule has 0 aromatic rings. The molecule has 0 bridgehead atoms. The standard InChI is InChI=1S/C9H15IO3/c10-7-8(11)5-3-1-2-4-6-9(12)13/h1-7H2,(H,12,13). The average Bonchev–Trinajstić information content (AvgIpc) is 2.10. The van der Waals surface area contributed by atoms with Crippen molar-refractivity contribution in [2.24, 2.45) is 0 Å². The van der Waals surface area contributed by atoms with Crippen LogP contribution in [0.25, 0.3) is 0 Å². The molecule has 0 atom stereocenters. The number of carboxylic acid groups (broad SMARTS) is 1. The van der Waals surface area contributed by atoms with E-state index in [9.17, 15) is 9.59 Å². The van der Waals surface area contributed by atoms with E-state index >= 15 is 0 Å². The summed E-state index contributed by atoms with van der Waals surface area (Å²) in [6.07, 6.45) is 4.42. The Balaban J connectivity index is 3.08. The fourth-order valence-corrected chi connectivity index (χ4v) is 1.40. The number of unbranched alkanes of at least 4 members (excludes halogenated alkanes) is 3. The van der Waals surface area contributed by atoms with Gasteiger partial charge in [-0.2, -0.15) is 0 Å². The van der Waals surface area contributed by atoms with Gasteiger partial charge in [0.25, 0.3) is 0 Å². The zero-order valence-electron chi connectivity index (χ0n) is 7.59. The quantitative estimate of drug-likeness (QED) is 0.425. The second kappa shape index (κ2) is 8.47. The number of hydrogen-bond donors (Lipinski definition) is 1. The lowest BCUT2D eigenvalue weighted by Gasteiger charge is -1.97. The topological polar surface area (TPSA) is 54.4 Å². The van der Waals surface area contributed by atoms with Crippen molar-refractivity contribution in [1.82, 2.24) is 0 Å². The molecule has 0 rings (SSSR count). The van der Waals surface area contributed by atoms with Crippen LogP contribution in [0, 0.1) is 0 Å². The smallest absolute Gasteiger partial charge is 0.303 e. The van der Waals surface area contributed by atoms with Crippen molar-refractivity contribution in [3.8, 4) is 0 Å². The van der Waals surface area contributed by atoms with E-state index in [4.69, 9.17) is 5.11 Å². The zero-order chi connectivity index (χ0) is 10.1. The largest absolute Gasteiger partial charge is 0.481 e. The van der Waals surface area contributed by atoms with Gasteiger partial charge in [-0.1, -0.05) is 35.4 Å². The van der Waals surface area contributed by atoms with Gasteiger partial charge < -0.3 is 5.11 Å². The molecule has 13 heavy (non-hydrogen) atoms. The van der Waals surface area contributed by atoms with Gasteiger partial charge in [-0.3, -0.25) is 9.59 Å². The first kappa shape index (κ1) is 12.9. The van der Waals surface area contributed by atoms with E-state index < -0.39 is 5.97 Å². The first-order valence-corrected chi connectivity index (χ1v) is 5.99. The van der Waals surface area contributed by atoms with Crippen molar-refractivity contribution in [3.63, 3.8) is 0 Å². The van der Waals surface area contributed by atoms with Gasteiger partial charge in [-0.05, 0) is 12.8 Å².